The van der Waals surface area contributed by atoms with E-state index in [1.54, 1.807) is 11.3 Å². The van der Waals surface area contributed by atoms with E-state index < -0.39 is 0 Å². The maximum atomic E-state index is 13.1. The molecule has 3 aliphatic heterocycles. The summed E-state index contributed by atoms with van der Waals surface area (Å²) in [5, 5.41) is 4.01. The smallest absolute Gasteiger partial charge is 0.264 e. The molecule has 154 valence electrons. The van der Waals surface area contributed by atoms with Gasteiger partial charge >= 0.3 is 0 Å². The zero-order chi connectivity index (χ0) is 17.7. The number of halogens is 2. The van der Waals surface area contributed by atoms with Crippen molar-refractivity contribution in [3.63, 3.8) is 0 Å². The predicted octanol–water partition coefficient (Wildman–Crippen LogP) is 2.98. The lowest BCUT2D eigenvalue weighted by atomic mass is 9.83. The molecule has 0 bridgehead atoms. The number of nitrogens with zero attached hydrogens (tertiary/aromatic N) is 2. The molecule has 1 saturated heterocycles. The van der Waals surface area contributed by atoms with Crippen LogP contribution < -0.4 is 11.1 Å². The van der Waals surface area contributed by atoms with Crippen LogP contribution in [0.25, 0.3) is 0 Å². The Bertz CT molecular complexity index is 864. The number of aromatic nitrogens is 1. The Kier molecular flexibility index (Phi) is 6.58. The zero-order valence-corrected chi connectivity index (χ0v) is 18.6. The fourth-order valence-corrected chi connectivity index (χ4v) is 6.40. The maximum Gasteiger partial charge on any atom is 0.264 e. The first-order chi connectivity index (χ1) is 12.6. The normalized spacial score (nSPS) is 19.9. The fourth-order valence-electron chi connectivity index (χ4n) is 4.31. The SMILES string of the molecule is Cl.Cl.Nc1nc2c(s1)CN(C(=O)c1cc3c(s1)CCOC31CCNCC1)CC2. The minimum Gasteiger partial charge on any atom is -0.375 e. The number of nitrogens with two attached hydrogens (primary N) is 1. The van der Waals surface area contributed by atoms with E-state index in [-0.39, 0.29) is 36.3 Å². The Labute approximate surface area is 184 Å². The topological polar surface area (TPSA) is 80.5 Å². The summed E-state index contributed by atoms with van der Waals surface area (Å²) in [4.78, 5) is 22.8. The second-order valence-electron chi connectivity index (χ2n) is 7.19. The average molecular weight is 463 g/mol. The molecule has 2 aromatic heterocycles. The molecule has 3 aliphatic rings. The van der Waals surface area contributed by atoms with Gasteiger partial charge in [0.25, 0.3) is 5.91 Å². The van der Waals surface area contributed by atoms with Gasteiger partial charge in [-0.25, -0.2) is 4.98 Å². The van der Waals surface area contributed by atoms with Gasteiger partial charge in [0, 0.05) is 29.1 Å². The van der Waals surface area contributed by atoms with E-state index >= 15 is 0 Å². The largest absolute Gasteiger partial charge is 0.375 e. The quantitative estimate of drug-likeness (QED) is 0.680. The summed E-state index contributed by atoms with van der Waals surface area (Å²) >= 11 is 3.16. The van der Waals surface area contributed by atoms with Crippen molar-refractivity contribution in [1.82, 2.24) is 15.2 Å². The average Bonchev–Trinajstić information content (AvgIpc) is 3.25. The van der Waals surface area contributed by atoms with Crippen molar-refractivity contribution < 1.29 is 9.53 Å². The van der Waals surface area contributed by atoms with Gasteiger partial charge in [0.2, 0.25) is 0 Å². The van der Waals surface area contributed by atoms with Crippen molar-refractivity contribution in [2.45, 2.75) is 37.8 Å². The number of thiophene rings is 1. The van der Waals surface area contributed by atoms with Gasteiger partial charge in [0.15, 0.2) is 5.13 Å². The molecule has 0 atom stereocenters. The summed E-state index contributed by atoms with van der Waals surface area (Å²) in [5.41, 5.74) is 7.96. The van der Waals surface area contributed by atoms with Crippen LogP contribution in [0.3, 0.4) is 0 Å². The van der Waals surface area contributed by atoms with Crippen molar-refractivity contribution in [3.05, 3.63) is 32.0 Å². The van der Waals surface area contributed by atoms with Crippen molar-refractivity contribution in [3.8, 4) is 0 Å². The van der Waals surface area contributed by atoms with Crippen LogP contribution in [0.15, 0.2) is 6.07 Å². The van der Waals surface area contributed by atoms with Gasteiger partial charge < -0.3 is 20.7 Å². The molecule has 0 radical (unpaired) electrons. The Hall–Kier alpha value is -0.900. The Balaban J connectivity index is 0.00000112. The third kappa shape index (κ3) is 3.66. The van der Waals surface area contributed by atoms with Crippen LogP contribution in [-0.4, -0.2) is 42.0 Å². The van der Waals surface area contributed by atoms with E-state index in [4.69, 9.17) is 10.5 Å². The highest BCUT2D eigenvalue weighted by Gasteiger charge is 2.41. The highest BCUT2D eigenvalue weighted by atomic mass is 35.5. The molecule has 28 heavy (non-hydrogen) atoms. The molecule has 0 aliphatic carbocycles. The number of amides is 1. The molecular formula is C18H24Cl2N4O2S2. The number of fused-ring (bicyclic) bond motifs is 3. The standard InChI is InChI=1S/C18H22N4O2S2.2ClH/c19-17-21-12-1-7-22(10-15(12)26-17)16(23)14-9-11-13(25-14)2-8-24-18(11)3-5-20-6-4-18;;/h9,20H,1-8,10H2,(H2,19,21);2*1H. The van der Waals surface area contributed by atoms with Gasteiger partial charge in [0.1, 0.15) is 0 Å². The lowest BCUT2D eigenvalue weighted by Crippen LogP contribution is -2.44. The van der Waals surface area contributed by atoms with Crippen LogP contribution >= 0.6 is 47.5 Å². The molecule has 10 heteroatoms. The van der Waals surface area contributed by atoms with E-state index in [0.29, 0.717) is 18.2 Å². The van der Waals surface area contributed by atoms with Crippen LogP contribution in [0.4, 0.5) is 5.13 Å². The van der Waals surface area contributed by atoms with Crippen LogP contribution in [0.1, 0.15) is 43.5 Å². The third-order valence-corrected chi connectivity index (χ3v) is 7.76. The van der Waals surface area contributed by atoms with E-state index in [1.807, 2.05) is 4.90 Å². The predicted molar refractivity (Wildman–Crippen MR) is 117 cm³/mol. The molecule has 6 nitrogen and oxygen atoms in total. The Morgan fingerprint density at radius 3 is 2.79 bits per heavy atom. The molecule has 1 amide bonds. The highest BCUT2D eigenvalue weighted by molar-refractivity contribution is 7.15. The summed E-state index contributed by atoms with van der Waals surface area (Å²) in [6.45, 7) is 4.04. The molecule has 1 fully saturated rings. The molecule has 0 aromatic carbocycles. The number of nitrogen functional groups attached to an aromatic ring is 1. The maximum absolute atomic E-state index is 13.1. The summed E-state index contributed by atoms with van der Waals surface area (Å²) in [7, 11) is 0. The van der Waals surface area contributed by atoms with Crippen molar-refractivity contribution in [2.75, 3.05) is 32.0 Å². The Morgan fingerprint density at radius 1 is 1.21 bits per heavy atom. The number of rotatable bonds is 1. The van der Waals surface area contributed by atoms with Gasteiger partial charge in [-0.15, -0.1) is 47.5 Å². The van der Waals surface area contributed by atoms with E-state index in [9.17, 15) is 4.79 Å². The van der Waals surface area contributed by atoms with E-state index in [2.05, 4.69) is 16.4 Å². The first-order valence-corrected chi connectivity index (χ1v) is 10.8. The molecule has 5 heterocycles. The second kappa shape index (κ2) is 8.45. The highest BCUT2D eigenvalue weighted by Crippen LogP contribution is 2.43. The van der Waals surface area contributed by atoms with Crippen molar-refractivity contribution in [1.29, 1.82) is 0 Å². The number of thiazole rings is 1. The fraction of sp³-hybridized carbons (Fsp3) is 0.556. The first-order valence-electron chi connectivity index (χ1n) is 9.16. The van der Waals surface area contributed by atoms with Crippen molar-refractivity contribution >= 4 is 58.5 Å². The summed E-state index contributed by atoms with van der Waals surface area (Å²) in [6, 6.07) is 2.11. The lowest BCUT2D eigenvalue weighted by molar-refractivity contribution is -0.0792. The number of anilines is 1. The Morgan fingerprint density at radius 2 is 2.00 bits per heavy atom. The molecule has 0 saturated carbocycles. The van der Waals surface area contributed by atoms with Crippen LogP contribution in [-0.2, 0) is 29.7 Å². The molecule has 5 rings (SSSR count). The van der Waals surface area contributed by atoms with Gasteiger partial charge in [-0.05, 0) is 37.6 Å². The van der Waals surface area contributed by atoms with Crippen molar-refractivity contribution in [2.24, 2.45) is 0 Å². The number of piperidine rings is 1. The molecule has 1 spiro atoms. The van der Waals surface area contributed by atoms with Gasteiger partial charge in [-0.3, -0.25) is 4.79 Å². The molecule has 0 unspecified atom stereocenters. The number of carbonyl (C=O) groups excluding carboxylic acids is 1. The summed E-state index contributed by atoms with van der Waals surface area (Å²) < 4.78 is 6.24. The van der Waals surface area contributed by atoms with Crippen LogP contribution in [0, 0.1) is 0 Å². The minimum atomic E-state index is -0.185. The third-order valence-electron chi connectivity index (χ3n) is 5.66. The van der Waals surface area contributed by atoms with Gasteiger partial charge in [0.05, 0.1) is 29.3 Å². The van der Waals surface area contributed by atoms with Gasteiger partial charge in [-0.2, -0.15) is 0 Å². The monoisotopic (exact) mass is 462 g/mol. The summed E-state index contributed by atoms with van der Waals surface area (Å²) in [5.74, 6) is 0.131. The number of hydrogen-bond donors (Lipinski definition) is 2. The van der Waals surface area contributed by atoms with Crippen LogP contribution in [0.5, 0.6) is 0 Å². The zero-order valence-electron chi connectivity index (χ0n) is 15.4. The number of ether oxygens (including phenoxy) is 1. The molecular weight excluding hydrogens is 439 g/mol. The first kappa shape index (κ1) is 21.8. The minimum absolute atomic E-state index is 0. The number of carbonyl (C=O) groups is 1. The van der Waals surface area contributed by atoms with E-state index in [0.717, 1.165) is 60.8 Å². The molecule has 3 N–H and O–H groups in total. The number of nitrogens with one attached hydrogen (secondary N) is 1. The van der Waals surface area contributed by atoms with Gasteiger partial charge in [-0.1, -0.05) is 0 Å². The second-order valence-corrected chi connectivity index (χ2v) is 9.44. The van der Waals surface area contributed by atoms with Crippen LogP contribution in [0.2, 0.25) is 0 Å². The molecule has 2 aromatic rings. The number of hydrogen-bond acceptors (Lipinski definition) is 7. The lowest BCUT2D eigenvalue weighted by Gasteiger charge is -2.40. The summed E-state index contributed by atoms with van der Waals surface area (Å²) in [6.07, 6.45) is 3.67. The van der Waals surface area contributed by atoms with E-state index in [1.165, 1.54) is 21.8 Å².